The van der Waals surface area contributed by atoms with Gasteiger partial charge in [0.25, 0.3) is 0 Å². The summed E-state index contributed by atoms with van der Waals surface area (Å²) in [6.07, 6.45) is 9.42. The van der Waals surface area contributed by atoms with E-state index >= 15 is 0 Å². The van der Waals surface area contributed by atoms with Gasteiger partial charge in [-0.1, -0.05) is 13.3 Å². The van der Waals surface area contributed by atoms with Crippen LogP contribution < -0.4 is 0 Å². The van der Waals surface area contributed by atoms with E-state index in [0.717, 1.165) is 17.7 Å². The predicted octanol–water partition coefficient (Wildman–Crippen LogP) is 3.69. The SMILES string of the molecule is CC[C@@H]1CCCC[C@H]1OC(=O)CSc1ccncc1. The van der Waals surface area contributed by atoms with Crippen molar-refractivity contribution in [3.63, 3.8) is 0 Å². The van der Waals surface area contributed by atoms with E-state index in [-0.39, 0.29) is 12.1 Å². The van der Waals surface area contributed by atoms with Gasteiger partial charge in [0.05, 0.1) is 5.75 Å². The molecule has 0 amide bonds. The van der Waals surface area contributed by atoms with Crippen LogP contribution in [0.2, 0.25) is 0 Å². The third kappa shape index (κ3) is 4.53. The van der Waals surface area contributed by atoms with Gasteiger partial charge in [0.2, 0.25) is 0 Å². The molecule has 1 aliphatic carbocycles. The van der Waals surface area contributed by atoms with E-state index in [4.69, 9.17) is 4.74 Å². The molecule has 0 radical (unpaired) electrons. The number of aromatic nitrogens is 1. The molecular weight excluding hydrogens is 258 g/mol. The first kappa shape index (κ1) is 14.4. The smallest absolute Gasteiger partial charge is 0.316 e. The average molecular weight is 279 g/mol. The molecule has 0 aromatic carbocycles. The molecule has 0 saturated heterocycles. The molecule has 0 bridgehead atoms. The van der Waals surface area contributed by atoms with Crippen molar-refractivity contribution in [2.75, 3.05) is 5.75 Å². The van der Waals surface area contributed by atoms with E-state index in [9.17, 15) is 4.79 Å². The average Bonchev–Trinajstić information content (AvgIpc) is 2.47. The quantitative estimate of drug-likeness (QED) is 0.609. The van der Waals surface area contributed by atoms with Crippen LogP contribution in [0.4, 0.5) is 0 Å². The highest BCUT2D eigenvalue weighted by Gasteiger charge is 2.26. The van der Waals surface area contributed by atoms with Crippen LogP contribution in [-0.4, -0.2) is 22.8 Å². The predicted molar refractivity (Wildman–Crippen MR) is 77.1 cm³/mol. The number of ether oxygens (including phenoxy) is 1. The molecule has 0 aliphatic heterocycles. The molecule has 104 valence electrons. The van der Waals surface area contributed by atoms with Gasteiger partial charge in [0.15, 0.2) is 0 Å². The number of carbonyl (C=O) groups is 1. The maximum absolute atomic E-state index is 11.9. The maximum atomic E-state index is 11.9. The van der Waals surface area contributed by atoms with Gasteiger partial charge in [-0.05, 0) is 43.7 Å². The number of pyridine rings is 1. The van der Waals surface area contributed by atoms with Crippen LogP contribution >= 0.6 is 11.8 Å². The van der Waals surface area contributed by atoms with E-state index in [2.05, 4.69) is 11.9 Å². The molecule has 1 saturated carbocycles. The van der Waals surface area contributed by atoms with Gasteiger partial charge in [0.1, 0.15) is 6.10 Å². The first-order chi connectivity index (χ1) is 9.29. The number of thioether (sulfide) groups is 1. The summed E-state index contributed by atoms with van der Waals surface area (Å²) in [5.41, 5.74) is 0. The van der Waals surface area contributed by atoms with E-state index < -0.39 is 0 Å². The largest absolute Gasteiger partial charge is 0.461 e. The molecule has 1 aromatic heterocycles. The van der Waals surface area contributed by atoms with Crippen LogP contribution in [0.5, 0.6) is 0 Å². The zero-order valence-corrected chi connectivity index (χ0v) is 12.2. The van der Waals surface area contributed by atoms with Crippen molar-refractivity contribution in [3.8, 4) is 0 Å². The third-order valence-corrected chi connectivity index (χ3v) is 4.64. The summed E-state index contributed by atoms with van der Waals surface area (Å²) in [4.78, 5) is 16.9. The zero-order chi connectivity index (χ0) is 13.5. The number of nitrogens with zero attached hydrogens (tertiary/aromatic N) is 1. The Balaban J connectivity index is 1.77. The summed E-state index contributed by atoms with van der Waals surface area (Å²) in [5.74, 6) is 0.854. The van der Waals surface area contributed by atoms with Crippen LogP contribution in [-0.2, 0) is 9.53 Å². The first-order valence-corrected chi connectivity index (χ1v) is 8.00. The Morgan fingerprint density at radius 1 is 1.37 bits per heavy atom. The highest BCUT2D eigenvalue weighted by atomic mass is 32.2. The molecule has 1 heterocycles. The minimum Gasteiger partial charge on any atom is -0.461 e. The van der Waals surface area contributed by atoms with Gasteiger partial charge in [-0.2, -0.15) is 0 Å². The van der Waals surface area contributed by atoms with Crippen molar-refractivity contribution in [3.05, 3.63) is 24.5 Å². The van der Waals surface area contributed by atoms with Crippen LogP contribution in [0.15, 0.2) is 29.4 Å². The molecule has 2 atom stereocenters. The van der Waals surface area contributed by atoms with Gasteiger partial charge >= 0.3 is 5.97 Å². The van der Waals surface area contributed by atoms with Crippen molar-refractivity contribution < 1.29 is 9.53 Å². The lowest BCUT2D eigenvalue weighted by atomic mass is 9.85. The lowest BCUT2D eigenvalue weighted by Gasteiger charge is -2.30. The van der Waals surface area contributed by atoms with Crippen molar-refractivity contribution in [2.45, 2.75) is 50.0 Å². The van der Waals surface area contributed by atoms with Gasteiger partial charge in [-0.15, -0.1) is 11.8 Å². The summed E-state index contributed by atoms with van der Waals surface area (Å²) in [5, 5.41) is 0. The second kappa shape index (κ2) is 7.53. The van der Waals surface area contributed by atoms with E-state index in [1.807, 2.05) is 12.1 Å². The van der Waals surface area contributed by atoms with Crippen LogP contribution in [0.25, 0.3) is 0 Å². The number of hydrogen-bond acceptors (Lipinski definition) is 4. The summed E-state index contributed by atoms with van der Waals surface area (Å²) < 4.78 is 5.64. The van der Waals surface area contributed by atoms with E-state index in [0.29, 0.717) is 11.7 Å². The van der Waals surface area contributed by atoms with Crippen LogP contribution in [0.3, 0.4) is 0 Å². The van der Waals surface area contributed by atoms with E-state index in [1.54, 1.807) is 12.4 Å². The number of rotatable bonds is 5. The second-order valence-corrected chi connectivity index (χ2v) is 6.00. The monoisotopic (exact) mass is 279 g/mol. The number of esters is 1. The third-order valence-electron chi connectivity index (χ3n) is 3.65. The Labute approximate surface area is 119 Å². The molecule has 1 aliphatic rings. The van der Waals surface area contributed by atoms with Crippen molar-refractivity contribution in [1.82, 2.24) is 4.98 Å². The fourth-order valence-corrected chi connectivity index (χ4v) is 3.24. The standard InChI is InChI=1S/C15H21NO2S/c1-2-12-5-3-4-6-14(12)18-15(17)11-19-13-7-9-16-10-8-13/h7-10,12,14H,2-6,11H2,1H3/t12-,14-/m1/s1. The first-order valence-electron chi connectivity index (χ1n) is 7.02. The van der Waals surface area contributed by atoms with Gasteiger partial charge < -0.3 is 4.74 Å². The molecule has 0 N–H and O–H groups in total. The minimum atomic E-state index is -0.0906. The van der Waals surface area contributed by atoms with Crippen LogP contribution in [0.1, 0.15) is 39.0 Å². The van der Waals surface area contributed by atoms with Crippen LogP contribution in [0, 0.1) is 5.92 Å². The van der Waals surface area contributed by atoms with Gasteiger partial charge in [-0.25, -0.2) is 0 Å². The van der Waals surface area contributed by atoms with Crippen molar-refractivity contribution in [1.29, 1.82) is 0 Å². The van der Waals surface area contributed by atoms with Gasteiger partial charge in [0, 0.05) is 17.3 Å². The molecule has 4 heteroatoms. The lowest BCUT2D eigenvalue weighted by Crippen LogP contribution is -2.30. The fourth-order valence-electron chi connectivity index (χ4n) is 2.58. The van der Waals surface area contributed by atoms with Crippen molar-refractivity contribution in [2.24, 2.45) is 5.92 Å². The maximum Gasteiger partial charge on any atom is 0.316 e. The molecule has 1 aromatic rings. The Morgan fingerprint density at radius 2 is 2.11 bits per heavy atom. The normalized spacial score (nSPS) is 23.0. The molecule has 0 unspecified atom stereocenters. The summed E-state index contributed by atoms with van der Waals surface area (Å²) in [6, 6.07) is 3.82. The summed E-state index contributed by atoms with van der Waals surface area (Å²) in [7, 11) is 0. The molecule has 3 nitrogen and oxygen atoms in total. The van der Waals surface area contributed by atoms with Gasteiger partial charge in [-0.3, -0.25) is 9.78 Å². The lowest BCUT2D eigenvalue weighted by molar-refractivity contribution is -0.150. The molecule has 19 heavy (non-hydrogen) atoms. The summed E-state index contributed by atoms with van der Waals surface area (Å²) in [6.45, 7) is 2.18. The number of carbonyl (C=O) groups excluding carboxylic acids is 1. The highest BCUT2D eigenvalue weighted by Crippen LogP contribution is 2.29. The molecule has 1 fully saturated rings. The van der Waals surface area contributed by atoms with Crippen molar-refractivity contribution >= 4 is 17.7 Å². The molecule has 0 spiro atoms. The minimum absolute atomic E-state index is 0.0906. The Kier molecular flexibility index (Phi) is 5.70. The topological polar surface area (TPSA) is 39.2 Å². The van der Waals surface area contributed by atoms with E-state index in [1.165, 1.54) is 31.0 Å². The molecular formula is C15H21NO2S. The Bertz CT molecular complexity index is 396. The zero-order valence-electron chi connectivity index (χ0n) is 11.4. The highest BCUT2D eigenvalue weighted by molar-refractivity contribution is 8.00. The Hall–Kier alpha value is -1.03. The Morgan fingerprint density at radius 3 is 2.84 bits per heavy atom. The summed E-state index contributed by atoms with van der Waals surface area (Å²) >= 11 is 1.51. The number of hydrogen-bond donors (Lipinski definition) is 0. The second-order valence-electron chi connectivity index (χ2n) is 4.95. The fraction of sp³-hybridized carbons (Fsp3) is 0.600. The molecule has 2 rings (SSSR count).